The first-order chi connectivity index (χ1) is 10.5. The molecular weight excluding hydrogens is 306 g/mol. The zero-order chi connectivity index (χ0) is 15.7. The van der Waals surface area contributed by atoms with E-state index in [9.17, 15) is 9.59 Å². The molecule has 0 spiro atoms. The predicted octanol–water partition coefficient (Wildman–Crippen LogP) is 1.42. The fourth-order valence-electron chi connectivity index (χ4n) is 2.10. The number of rotatable bonds is 3. The number of halogens is 1. The van der Waals surface area contributed by atoms with Crippen molar-refractivity contribution in [1.82, 2.24) is 19.7 Å². The Morgan fingerprint density at radius 1 is 1.36 bits per heavy atom. The second kappa shape index (κ2) is 5.76. The van der Waals surface area contributed by atoms with E-state index in [1.807, 2.05) is 0 Å². The van der Waals surface area contributed by atoms with E-state index >= 15 is 0 Å². The third-order valence-electron chi connectivity index (χ3n) is 3.45. The minimum absolute atomic E-state index is 0.0202. The highest BCUT2D eigenvalue weighted by Crippen LogP contribution is 2.16. The number of nitrogens with zero attached hydrogens (tertiary/aromatic N) is 4. The lowest BCUT2D eigenvalue weighted by Gasteiger charge is -2.30. The maximum absolute atomic E-state index is 12.0. The van der Waals surface area contributed by atoms with Crippen LogP contribution in [-0.2, 0) is 7.05 Å². The molecule has 0 aliphatic carbocycles. The summed E-state index contributed by atoms with van der Waals surface area (Å²) in [5, 5.41) is 6.89. The summed E-state index contributed by atoms with van der Waals surface area (Å²) in [4.78, 5) is 29.9. The monoisotopic (exact) mass is 319 g/mol. The topological polar surface area (TPSA) is 80.1 Å². The fourth-order valence-corrected chi connectivity index (χ4v) is 2.32. The highest BCUT2D eigenvalue weighted by molar-refractivity contribution is 6.29. The van der Waals surface area contributed by atoms with Gasteiger partial charge in [0.2, 0.25) is 0 Å². The molecule has 0 unspecified atom stereocenters. The van der Waals surface area contributed by atoms with E-state index < -0.39 is 0 Å². The molecule has 1 saturated heterocycles. The van der Waals surface area contributed by atoms with Crippen LogP contribution in [0.1, 0.15) is 16.8 Å². The SMILES string of the molecule is Cn1nc(Cl)cc(Nc2ccc(C(=O)N3CCC3)cn2)c1=O. The molecule has 1 aliphatic rings. The Bertz CT molecular complexity index is 768. The van der Waals surface area contributed by atoms with Gasteiger partial charge in [-0.05, 0) is 18.6 Å². The number of nitrogens with one attached hydrogen (secondary N) is 1. The highest BCUT2D eigenvalue weighted by atomic mass is 35.5. The summed E-state index contributed by atoms with van der Waals surface area (Å²) >= 11 is 5.83. The van der Waals surface area contributed by atoms with Crippen molar-refractivity contribution >= 4 is 29.0 Å². The van der Waals surface area contributed by atoms with Crippen LogP contribution in [0.25, 0.3) is 0 Å². The molecule has 0 atom stereocenters. The van der Waals surface area contributed by atoms with Gasteiger partial charge in [-0.2, -0.15) is 5.10 Å². The lowest BCUT2D eigenvalue weighted by molar-refractivity contribution is 0.0651. The minimum Gasteiger partial charge on any atom is -0.338 e. The number of carbonyl (C=O) groups is 1. The van der Waals surface area contributed by atoms with E-state index in [0.29, 0.717) is 11.4 Å². The lowest BCUT2D eigenvalue weighted by atomic mass is 10.1. The van der Waals surface area contributed by atoms with E-state index in [-0.39, 0.29) is 22.3 Å². The van der Waals surface area contributed by atoms with Crippen molar-refractivity contribution in [3.05, 3.63) is 45.5 Å². The van der Waals surface area contributed by atoms with Crippen LogP contribution in [0.5, 0.6) is 0 Å². The molecule has 3 heterocycles. The Hall–Kier alpha value is -2.41. The number of carbonyl (C=O) groups excluding carboxylic acids is 1. The molecule has 1 fully saturated rings. The van der Waals surface area contributed by atoms with Crippen LogP contribution in [0.15, 0.2) is 29.2 Å². The summed E-state index contributed by atoms with van der Waals surface area (Å²) in [6, 6.07) is 4.77. The normalized spacial score (nSPS) is 13.6. The van der Waals surface area contributed by atoms with Gasteiger partial charge in [0, 0.05) is 32.4 Å². The molecule has 0 bridgehead atoms. The summed E-state index contributed by atoms with van der Waals surface area (Å²) in [6.07, 6.45) is 2.54. The van der Waals surface area contributed by atoms with Crippen LogP contribution in [0.2, 0.25) is 5.15 Å². The number of anilines is 2. The molecule has 2 aromatic heterocycles. The van der Waals surface area contributed by atoms with Crippen molar-refractivity contribution in [3.8, 4) is 0 Å². The van der Waals surface area contributed by atoms with Gasteiger partial charge in [0.25, 0.3) is 11.5 Å². The summed E-state index contributed by atoms with van der Waals surface area (Å²) in [6.45, 7) is 1.59. The number of aryl methyl sites for hydroxylation is 1. The molecule has 1 N–H and O–H groups in total. The third-order valence-corrected chi connectivity index (χ3v) is 3.63. The average Bonchev–Trinajstić information content (AvgIpc) is 2.43. The van der Waals surface area contributed by atoms with Crippen molar-refractivity contribution in [2.24, 2.45) is 7.05 Å². The van der Waals surface area contributed by atoms with Crippen molar-refractivity contribution in [2.45, 2.75) is 6.42 Å². The largest absolute Gasteiger partial charge is 0.338 e. The van der Waals surface area contributed by atoms with E-state index in [1.165, 1.54) is 19.3 Å². The van der Waals surface area contributed by atoms with Gasteiger partial charge in [-0.15, -0.1) is 0 Å². The molecule has 3 rings (SSSR count). The van der Waals surface area contributed by atoms with Gasteiger partial charge in [0.05, 0.1) is 5.56 Å². The third kappa shape index (κ3) is 2.80. The van der Waals surface area contributed by atoms with E-state index in [4.69, 9.17) is 11.6 Å². The van der Waals surface area contributed by atoms with Crippen molar-refractivity contribution in [1.29, 1.82) is 0 Å². The molecular formula is C14H14ClN5O2. The summed E-state index contributed by atoms with van der Waals surface area (Å²) in [7, 11) is 1.52. The van der Waals surface area contributed by atoms with Gasteiger partial charge in [-0.1, -0.05) is 11.6 Å². The van der Waals surface area contributed by atoms with Crippen LogP contribution in [0.3, 0.4) is 0 Å². The van der Waals surface area contributed by atoms with E-state index in [1.54, 1.807) is 17.0 Å². The molecule has 1 aliphatic heterocycles. The van der Waals surface area contributed by atoms with Crippen LogP contribution in [0.4, 0.5) is 11.5 Å². The Morgan fingerprint density at radius 2 is 2.14 bits per heavy atom. The average molecular weight is 320 g/mol. The second-order valence-corrected chi connectivity index (χ2v) is 5.40. The van der Waals surface area contributed by atoms with Crippen LogP contribution >= 0.6 is 11.6 Å². The van der Waals surface area contributed by atoms with Gasteiger partial charge in [-0.25, -0.2) is 9.67 Å². The van der Waals surface area contributed by atoms with Gasteiger partial charge in [-0.3, -0.25) is 9.59 Å². The minimum atomic E-state index is -0.313. The standard InChI is InChI=1S/C14H14ClN5O2/c1-19-14(22)10(7-11(15)18-19)17-12-4-3-9(8-16-12)13(21)20-5-2-6-20/h3-4,7-8H,2,5-6H2,1H3,(H,16,17). The quantitative estimate of drug-likeness (QED) is 0.925. The van der Waals surface area contributed by atoms with Crippen LogP contribution in [0, 0.1) is 0 Å². The maximum atomic E-state index is 12.0. The number of likely N-dealkylation sites (tertiary alicyclic amines) is 1. The number of amides is 1. The highest BCUT2D eigenvalue weighted by Gasteiger charge is 2.21. The predicted molar refractivity (Wildman–Crippen MR) is 82.5 cm³/mol. The fraction of sp³-hybridized carbons (Fsp3) is 0.286. The summed E-state index contributed by atoms with van der Waals surface area (Å²) in [5.74, 6) is 0.438. The number of hydrogen-bond acceptors (Lipinski definition) is 5. The van der Waals surface area contributed by atoms with Gasteiger partial charge in [0.15, 0.2) is 5.15 Å². The van der Waals surface area contributed by atoms with E-state index in [0.717, 1.165) is 24.2 Å². The van der Waals surface area contributed by atoms with Crippen LogP contribution < -0.4 is 10.9 Å². The molecule has 8 heteroatoms. The zero-order valence-electron chi connectivity index (χ0n) is 11.9. The zero-order valence-corrected chi connectivity index (χ0v) is 12.7. The molecule has 22 heavy (non-hydrogen) atoms. The molecule has 0 radical (unpaired) electrons. The number of aromatic nitrogens is 3. The molecule has 2 aromatic rings. The summed E-state index contributed by atoms with van der Waals surface area (Å²) < 4.78 is 1.15. The first-order valence-electron chi connectivity index (χ1n) is 6.81. The van der Waals surface area contributed by atoms with Gasteiger partial charge < -0.3 is 10.2 Å². The molecule has 0 saturated carbocycles. The van der Waals surface area contributed by atoms with Gasteiger partial charge in [0.1, 0.15) is 11.5 Å². The van der Waals surface area contributed by atoms with Crippen molar-refractivity contribution in [2.75, 3.05) is 18.4 Å². The first-order valence-corrected chi connectivity index (χ1v) is 7.18. The Kier molecular flexibility index (Phi) is 3.81. The first kappa shape index (κ1) is 14.5. The summed E-state index contributed by atoms with van der Waals surface area (Å²) in [5.41, 5.74) is 0.495. The Balaban J connectivity index is 1.79. The molecule has 114 valence electrons. The van der Waals surface area contributed by atoms with Crippen molar-refractivity contribution < 1.29 is 4.79 Å². The Labute approximate surface area is 131 Å². The molecule has 7 nitrogen and oxygen atoms in total. The number of pyridine rings is 1. The van der Waals surface area contributed by atoms with Gasteiger partial charge >= 0.3 is 0 Å². The number of hydrogen-bond donors (Lipinski definition) is 1. The molecule has 1 amide bonds. The molecule has 0 aromatic carbocycles. The second-order valence-electron chi connectivity index (χ2n) is 5.01. The van der Waals surface area contributed by atoms with E-state index in [2.05, 4.69) is 15.4 Å². The smallest absolute Gasteiger partial charge is 0.290 e. The van der Waals surface area contributed by atoms with Crippen LogP contribution in [-0.4, -0.2) is 38.7 Å². The maximum Gasteiger partial charge on any atom is 0.290 e. The van der Waals surface area contributed by atoms with Crippen molar-refractivity contribution in [3.63, 3.8) is 0 Å². The Morgan fingerprint density at radius 3 is 2.73 bits per heavy atom. The lowest BCUT2D eigenvalue weighted by Crippen LogP contribution is -2.42.